The number of esters is 1. The van der Waals surface area contributed by atoms with Crippen molar-refractivity contribution in [1.29, 1.82) is 0 Å². The molecule has 0 unspecified atom stereocenters. The number of benzene rings is 3. The average Bonchev–Trinajstić information content (AvgIpc) is 3.02. The van der Waals surface area contributed by atoms with Crippen molar-refractivity contribution in [1.82, 2.24) is 15.0 Å². The fraction of sp³-hybridized carbons (Fsp3) is 0.194. The second-order valence-corrected chi connectivity index (χ2v) is 9.24. The van der Waals surface area contributed by atoms with Crippen molar-refractivity contribution in [3.63, 3.8) is 0 Å². The number of aromatic nitrogens is 3. The highest BCUT2D eigenvalue weighted by atomic mass is 32.1. The standard InChI is InChI=1S/C31H27N3O7S/c1-6-17-25-20(14-23(39-4)28(17)40-5)32-27(29-33-19-10-8-7-9-18(19)30(35)34-29)26(31(36)41-15-42)24(25)16-11-12-21(37-2)22(13-16)38-3/h7-15H,6H2,1-5H3,(H,33,34,35). The van der Waals surface area contributed by atoms with Gasteiger partial charge in [-0.15, -0.1) is 0 Å². The maximum Gasteiger partial charge on any atom is 0.346 e. The Kier molecular flexibility index (Phi) is 8.03. The topological polar surface area (TPSA) is 122 Å². The molecule has 0 spiro atoms. The van der Waals surface area contributed by atoms with E-state index in [2.05, 4.69) is 9.97 Å². The van der Waals surface area contributed by atoms with Crippen LogP contribution in [-0.4, -0.2) is 54.9 Å². The maximum absolute atomic E-state index is 13.8. The Labute approximate surface area is 246 Å². The lowest BCUT2D eigenvalue weighted by Crippen LogP contribution is -2.15. The van der Waals surface area contributed by atoms with Crippen molar-refractivity contribution in [3.05, 3.63) is 70.0 Å². The van der Waals surface area contributed by atoms with Gasteiger partial charge in [-0.3, -0.25) is 4.79 Å². The molecule has 0 radical (unpaired) electrons. The van der Waals surface area contributed by atoms with E-state index in [4.69, 9.17) is 40.9 Å². The number of carbonyl (C=O) groups is 1. The molecule has 214 valence electrons. The Bertz CT molecular complexity index is 1920. The second kappa shape index (κ2) is 11.8. The molecule has 0 aliphatic rings. The van der Waals surface area contributed by atoms with Crippen LogP contribution >= 0.6 is 12.2 Å². The monoisotopic (exact) mass is 585 g/mol. The maximum atomic E-state index is 13.8. The van der Waals surface area contributed by atoms with E-state index in [0.717, 1.165) is 11.1 Å². The van der Waals surface area contributed by atoms with Crippen LogP contribution in [0.1, 0.15) is 22.8 Å². The van der Waals surface area contributed by atoms with E-state index in [1.54, 1.807) is 55.6 Å². The summed E-state index contributed by atoms with van der Waals surface area (Å²) in [5.41, 5.74) is 3.30. The molecule has 0 atom stereocenters. The molecular formula is C31H27N3O7S. The largest absolute Gasteiger partial charge is 0.493 e. The lowest BCUT2D eigenvalue weighted by atomic mass is 9.89. The summed E-state index contributed by atoms with van der Waals surface area (Å²) in [6.45, 7) is 1.96. The number of nitrogens with zero attached hydrogens (tertiary/aromatic N) is 2. The molecule has 0 saturated carbocycles. The molecule has 5 aromatic rings. The number of fused-ring (bicyclic) bond motifs is 2. The van der Waals surface area contributed by atoms with Crippen molar-refractivity contribution in [2.24, 2.45) is 0 Å². The van der Waals surface area contributed by atoms with Gasteiger partial charge in [0.2, 0.25) is 0 Å². The zero-order valence-electron chi connectivity index (χ0n) is 23.6. The van der Waals surface area contributed by atoms with Gasteiger partial charge in [0.15, 0.2) is 34.4 Å². The van der Waals surface area contributed by atoms with Crippen LogP contribution in [0.4, 0.5) is 0 Å². The molecule has 11 heteroatoms. The highest BCUT2D eigenvalue weighted by molar-refractivity contribution is 7.78. The zero-order chi connectivity index (χ0) is 30.0. The third-order valence-electron chi connectivity index (χ3n) is 6.94. The van der Waals surface area contributed by atoms with Gasteiger partial charge in [-0.05, 0) is 48.5 Å². The third kappa shape index (κ3) is 4.77. The number of methoxy groups -OCH3 is 4. The second-order valence-electron chi connectivity index (χ2n) is 9.05. The normalized spacial score (nSPS) is 10.9. The number of hydrogen-bond donors (Lipinski definition) is 1. The van der Waals surface area contributed by atoms with Crippen LogP contribution in [0.25, 0.3) is 44.5 Å². The SMILES string of the molecule is CCc1c(OC)c(OC)cc2nc(-c3nc4ccccc4c(=O)[nH]3)c(C(=O)OC=S)c(-c3ccc(OC)c(OC)c3)c12. The number of carbonyl (C=O) groups excluding carboxylic acids is 1. The number of pyridine rings is 1. The number of thiocarbonyl (C=S) groups is 1. The molecule has 0 aliphatic heterocycles. The average molecular weight is 586 g/mol. The zero-order valence-corrected chi connectivity index (χ0v) is 24.4. The summed E-state index contributed by atoms with van der Waals surface area (Å²) in [7, 11) is 6.14. The Morgan fingerprint density at radius 2 is 1.64 bits per heavy atom. The van der Waals surface area contributed by atoms with Gasteiger partial charge in [0.1, 0.15) is 5.69 Å². The first-order valence-electron chi connectivity index (χ1n) is 12.9. The van der Waals surface area contributed by atoms with E-state index in [9.17, 15) is 9.59 Å². The minimum absolute atomic E-state index is 0.0381. The number of ether oxygens (including phenoxy) is 5. The first kappa shape index (κ1) is 28.5. The molecule has 2 heterocycles. The summed E-state index contributed by atoms with van der Waals surface area (Å²) in [5, 5.41) is 1.01. The van der Waals surface area contributed by atoms with Gasteiger partial charge in [-0.25, -0.2) is 14.8 Å². The van der Waals surface area contributed by atoms with E-state index in [1.807, 2.05) is 6.92 Å². The molecule has 5 rings (SSSR count). The third-order valence-corrected chi connectivity index (χ3v) is 7.04. The number of aryl methyl sites for hydroxylation is 1. The van der Waals surface area contributed by atoms with Crippen molar-refractivity contribution < 1.29 is 28.5 Å². The summed E-state index contributed by atoms with van der Waals surface area (Å²) < 4.78 is 27.7. The number of nitrogens with one attached hydrogen (secondary N) is 1. The van der Waals surface area contributed by atoms with Gasteiger partial charge in [0.25, 0.3) is 5.56 Å². The molecule has 2 aromatic heterocycles. The van der Waals surface area contributed by atoms with Crippen LogP contribution in [-0.2, 0) is 11.2 Å². The number of hydrogen-bond acceptors (Lipinski definition) is 10. The van der Waals surface area contributed by atoms with Gasteiger partial charge in [0, 0.05) is 22.6 Å². The Hall–Kier alpha value is -5.03. The predicted octanol–water partition coefficient (Wildman–Crippen LogP) is 5.52. The molecule has 0 amide bonds. The van der Waals surface area contributed by atoms with Gasteiger partial charge in [0.05, 0.1) is 50.4 Å². The summed E-state index contributed by atoms with van der Waals surface area (Å²) >= 11 is 4.89. The first-order chi connectivity index (χ1) is 20.4. The molecule has 10 nitrogen and oxygen atoms in total. The lowest BCUT2D eigenvalue weighted by Gasteiger charge is -2.21. The van der Waals surface area contributed by atoms with E-state index in [-0.39, 0.29) is 22.6 Å². The molecular weight excluding hydrogens is 558 g/mol. The van der Waals surface area contributed by atoms with Crippen LogP contribution in [0.15, 0.2) is 53.3 Å². The van der Waals surface area contributed by atoms with Gasteiger partial charge >= 0.3 is 5.97 Å². The molecule has 1 N–H and O–H groups in total. The summed E-state index contributed by atoms with van der Waals surface area (Å²) in [4.78, 5) is 39.2. The quantitative estimate of drug-likeness (QED) is 0.175. The Morgan fingerprint density at radius 1 is 0.905 bits per heavy atom. The molecule has 3 aromatic carbocycles. The molecule has 0 fully saturated rings. The van der Waals surface area contributed by atoms with E-state index < -0.39 is 5.97 Å². The molecule has 0 bridgehead atoms. The smallest absolute Gasteiger partial charge is 0.346 e. The van der Waals surface area contributed by atoms with Crippen molar-refractivity contribution in [2.75, 3.05) is 28.4 Å². The van der Waals surface area contributed by atoms with E-state index in [0.29, 0.717) is 62.4 Å². The predicted molar refractivity (Wildman–Crippen MR) is 163 cm³/mol. The van der Waals surface area contributed by atoms with Crippen LogP contribution in [0, 0.1) is 0 Å². The minimum Gasteiger partial charge on any atom is -0.493 e. The van der Waals surface area contributed by atoms with E-state index >= 15 is 0 Å². The Balaban J connectivity index is 2.04. The van der Waals surface area contributed by atoms with Crippen molar-refractivity contribution in [3.8, 4) is 45.6 Å². The fourth-order valence-electron chi connectivity index (χ4n) is 5.13. The Morgan fingerprint density at radius 3 is 2.31 bits per heavy atom. The lowest BCUT2D eigenvalue weighted by molar-refractivity contribution is 0.0734. The molecule has 42 heavy (non-hydrogen) atoms. The number of H-pyrrole nitrogens is 1. The summed E-state index contributed by atoms with van der Waals surface area (Å²) in [6.07, 6.45) is 0.505. The molecule has 0 saturated heterocycles. The van der Waals surface area contributed by atoms with Crippen molar-refractivity contribution >= 4 is 45.5 Å². The highest BCUT2D eigenvalue weighted by Crippen LogP contribution is 2.46. The number of para-hydroxylation sites is 1. The highest BCUT2D eigenvalue weighted by Gasteiger charge is 2.29. The van der Waals surface area contributed by atoms with E-state index in [1.165, 1.54) is 21.3 Å². The van der Waals surface area contributed by atoms with Gasteiger partial charge < -0.3 is 28.7 Å². The number of aromatic amines is 1. The van der Waals surface area contributed by atoms with Crippen LogP contribution < -0.4 is 24.5 Å². The van der Waals surface area contributed by atoms with Crippen LogP contribution in [0.3, 0.4) is 0 Å². The molecule has 0 aliphatic carbocycles. The fourth-order valence-corrected chi connectivity index (χ4v) is 5.22. The van der Waals surface area contributed by atoms with Crippen LogP contribution in [0.5, 0.6) is 23.0 Å². The minimum atomic E-state index is -0.785. The first-order valence-corrected chi connectivity index (χ1v) is 13.4. The number of rotatable bonds is 9. The summed E-state index contributed by atoms with van der Waals surface area (Å²) in [5.74, 6) is 1.17. The van der Waals surface area contributed by atoms with Crippen molar-refractivity contribution in [2.45, 2.75) is 13.3 Å². The van der Waals surface area contributed by atoms with Crippen LogP contribution in [0.2, 0.25) is 0 Å². The van der Waals surface area contributed by atoms with Gasteiger partial charge in [-0.2, -0.15) is 0 Å². The van der Waals surface area contributed by atoms with Gasteiger partial charge in [-0.1, -0.05) is 25.1 Å². The summed E-state index contributed by atoms with van der Waals surface area (Å²) in [6, 6.07) is 13.9.